The molecule has 2 heterocycles. The first-order valence-electron chi connectivity index (χ1n) is 8.72. The number of rotatable bonds is 6. The van der Waals surface area contributed by atoms with Crippen LogP contribution in [0.5, 0.6) is 17.4 Å². The van der Waals surface area contributed by atoms with Crippen LogP contribution in [-0.2, 0) is 0 Å². The summed E-state index contributed by atoms with van der Waals surface area (Å²) in [7, 11) is 1.59. The number of aromatic nitrogens is 1. The van der Waals surface area contributed by atoms with Crippen LogP contribution in [0.4, 0.5) is 10.5 Å². The predicted octanol–water partition coefficient (Wildman–Crippen LogP) is 4.45. The van der Waals surface area contributed by atoms with Crippen molar-refractivity contribution in [3.05, 3.63) is 54.7 Å². The van der Waals surface area contributed by atoms with Crippen LogP contribution in [0.15, 0.2) is 54.7 Å². The van der Waals surface area contributed by atoms with Crippen LogP contribution in [0, 0.1) is 0 Å². The lowest BCUT2D eigenvalue weighted by molar-refractivity contribution is 0.208. The molecule has 0 saturated heterocycles. The minimum atomic E-state index is -0.117. The molecule has 0 aliphatic carbocycles. The zero-order chi connectivity index (χ0) is 18.4. The van der Waals surface area contributed by atoms with E-state index >= 15 is 0 Å². The van der Waals surface area contributed by atoms with Crippen molar-refractivity contribution in [3.63, 3.8) is 0 Å². The Labute approximate surface area is 153 Å². The molecule has 0 spiro atoms. The molecule has 0 saturated carbocycles. The molecule has 1 aromatic carbocycles. The Balaban J connectivity index is 1.62. The van der Waals surface area contributed by atoms with Crippen molar-refractivity contribution < 1.29 is 14.3 Å². The molecule has 6 nitrogen and oxygen atoms in total. The zero-order valence-corrected chi connectivity index (χ0v) is 15.0. The SMILES string of the molecule is CCC[C@H]1C=CCN1C(=O)Nc1ccc(Oc2ccccc2OC)nc1. The van der Waals surface area contributed by atoms with Crippen molar-refractivity contribution in [2.24, 2.45) is 0 Å². The third kappa shape index (κ3) is 4.14. The van der Waals surface area contributed by atoms with Crippen LogP contribution in [0.1, 0.15) is 19.8 Å². The average molecular weight is 353 g/mol. The van der Waals surface area contributed by atoms with Crippen molar-refractivity contribution in [1.29, 1.82) is 0 Å². The normalized spacial score (nSPS) is 15.8. The summed E-state index contributed by atoms with van der Waals surface area (Å²) in [6, 6.07) is 10.9. The van der Waals surface area contributed by atoms with Gasteiger partial charge in [-0.1, -0.05) is 37.6 Å². The maximum absolute atomic E-state index is 12.5. The molecule has 136 valence electrons. The van der Waals surface area contributed by atoms with Crippen molar-refractivity contribution >= 4 is 11.7 Å². The van der Waals surface area contributed by atoms with Crippen LogP contribution in [-0.4, -0.2) is 35.6 Å². The van der Waals surface area contributed by atoms with E-state index in [0.717, 1.165) is 12.8 Å². The van der Waals surface area contributed by atoms with E-state index in [4.69, 9.17) is 9.47 Å². The second-order valence-electron chi connectivity index (χ2n) is 6.00. The third-order valence-corrected chi connectivity index (χ3v) is 4.18. The number of anilines is 1. The van der Waals surface area contributed by atoms with Gasteiger partial charge in [0.15, 0.2) is 11.5 Å². The van der Waals surface area contributed by atoms with Crippen molar-refractivity contribution in [2.75, 3.05) is 19.0 Å². The van der Waals surface area contributed by atoms with Gasteiger partial charge in [0.05, 0.1) is 25.0 Å². The molecular formula is C20H23N3O3. The topological polar surface area (TPSA) is 63.7 Å². The first kappa shape index (κ1) is 17.8. The predicted molar refractivity (Wildman–Crippen MR) is 101 cm³/mol. The molecule has 1 N–H and O–H groups in total. The van der Waals surface area contributed by atoms with Gasteiger partial charge in [0.2, 0.25) is 5.88 Å². The second-order valence-corrected chi connectivity index (χ2v) is 6.00. The number of hydrogen-bond acceptors (Lipinski definition) is 4. The van der Waals surface area contributed by atoms with Crippen LogP contribution >= 0.6 is 0 Å². The lowest BCUT2D eigenvalue weighted by atomic mass is 10.2. The summed E-state index contributed by atoms with van der Waals surface area (Å²) in [5, 5.41) is 2.89. The van der Waals surface area contributed by atoms with E-state index in [9.17, 15) is 4.79 Å². The number of carbonyl (C=O) groups is 1. The van der Waals surface area contributed by atoms with Gasteiger partial charge in [-0.2, -0.15) is 0 Å². The highest BCUT2D eigenvalue weighted by Gasteiger charge is 2.23. The molecule has 1 aliphatic rings. The van der Waals surface area contributed by atoms with E-state index in [0.29, 0.717) is 29.6 Å². The van der Waals surface area contributed by atoms with Crippen molar-refractivity contribution in [2.45, 2.75) is 25.8 Å². The van der Waals surface area contributed by atoms with Gasteiger partial charge in [-0.25, -0.2) is 9.78 Å². The van der Waals surface area contributed by atoms with E-state index in [1.807, 2.05) is 35.2 Å². The van der Waals surface area contributed by atoms with Gasteiger partial charge in [0, 0.05) is 12.6 Å². The Morgan fingerprint density at radius 3 is 2.77 bits per heavy atom. The molecule has 6 heteroatoms. The monoisotopic (exact) mass is 353 g/mol. The highest BCUT2D eigenvalue weighted by molar-refractivity contribution is 5.89. The van der Waals surface area contributed by atoms with Gasteiger partial charge in [-0.15, -0.1) is 0 Å². The van der Waals surface area contributed by atoms with Crippen LogP contribution in [0.25, 0.3) is 0 Å². The van der Waals surface area contributed by atoms with Gasteiger partial charge in [-0.05, 0) is 24.6 Å². The number of methoxy groups -OCH3 is 1. The van der Waals surface area contributed by atoms with Crippen LogP contribution in [0.3, 0.4) is 0 Å². The molecule has 0 radical (unpaired) electrons. The number of nitrogens with zero attached hydrogens (tertiary/aromatic N) is 2. The number of amides is 2. The highest BCUT2D eigenvalue weighted by atomic mass is 16.5. The molecular weight excluding hydrogens is 330 g/mol. The Kier molecular flexibility index (Phi) is 5.73. The van der Waals surface area contributed by atoms with Gasteiger partial charge < -0.3 is 19.7 Å². The number of pyridine rings is 1. The maximum Gasteiger partial charge on any atom is 0.322 e. The second kappa shape index (κ2) is 8.38. The summed E-state index contributed by atoms with van der Waals surface area (Å²) in [5.41, 5.74) is 0.629. The molecule has 26 heavy (non-hydrogen) atoms. The van der Waals surface area contributed by atoms with E-state index in [2.05, 4.69) is 23.3 Å². The van der Waals surface area contributed by atoms with Gasteiger partial charge in [-0.3, -0.25) is 0 Å². The average Bonchev–Trinajstić information content (AvgIpc) is 3.12. The molecule has 0 unspecified atom stereocenters. The summed E-state index contributed by atoms with van der Waals surface area (Å²) in [6.07, 6.45) is 7.71. The summed E-state index contributed by atoms with van der Waals surface area (Å²) in [5.74, 6) is 1.65. The first-order chi connectivity index (χ1) is 12.7. The molecule has 1 atom stereocenters. The molecule has 2 amide bonds. The number of ether oxygens (including phenoxy) is 2. The lowest BCUT2D eigenvalue weighted by Crippen LogP contribution is -2.39. The molecule has 3 rings (SSSR count). The highest BCUT2D eigenvalue weighted by Crippen LogP contribution is 2.30. The third-order valence-electron chi connectivity index (χ3n) is 4.18. The van der Waals surface area contributed by atoms with E-state index < -0.39 is 0 Å². The maximum atomic E-state index is 12.5. The molecule has 0 bridgehead atoms. The summed E-state index contributed by atoms with van der Waals surface area (Å²) >= 11 is 0. The number of hydrogen-bond donors (Lipinski definition) is 1. The Bertz CT molecular complexity index is 774. The van der Waals surface area contributed by atoms with E-state index in [-0.39, 0.29) is 12.1 Å². The number of nitrogens with one attached hydrogen (secondary N) is 1. The quantitative estimate of drug-likeness (QED) is 0.779. The minimum absolute atomic E-state index is 0.117. The lowest BCUT2D eigenvalue weighted by Gasteiger charge is -2.24. The minimum Gasteiger partial charge on any atom is -0.493 e. The Morgan fingerprint density at radius 1 is 1.27 bits per heavy atom. The van der Waals surface area contributed by atoms with Crippen molar-refractivity contribution in [3.8, 4) is 17.4 Å². The number of benzene rings is 1. The van der Waals surface area contributed by atoms with E-state index in [1.165, 1.54) is 0 Å². The molecule has 0 fully saturated rings. The summed E-state index contributed by atoms with van der Waals surface area (Å²) in [4.78, 5) is 18.5. The number of carbonyl (C=O) groups excluding carboxylic acids is 1. The Morgan fingerprint density at radius 2 is 2.08 bits per heavy atom. The summed E-state index contributed by atoms with van der Waals surface area (Å²) in [6.45, 7) is 2.76. The number of urea groups is 1. The summed E-state index contributed by atoms with van der Waals surface area (Å²) < 4.78 is 11.0. The fraction of sp³-hybridized carbons (Fsp3) is 0.300. The van der Waals surface area contributed by atoms with Crippen LogP contribution < -0.4 is 14.8 Å². The first-order valence-corrected chi connectivity index (χ1v) is 8.72. The smallest absolute Gasteiger partial charge is 0.322 e. The number of para-hydroxylation sites is 2. The molecule has 1 aliphatic heterocycles. The molecule has 1 aromatic heterocycles. The van der Waals surface area contributed by atoms with E-state index in [1.54, 1.807) is 25.4 Å². The standard InChI is InChI=1S/C20H23N3O3/c1-3-7-16-8-6-13-23(16)20(24)22-15-11-12-19(21-14-15)26-18-10-5-4-9-17(18)25-2/h4-6,8-12,14,16H,3,7,13H2,1-2H3,(H,22,24)/t16-/m0/s1. The van der Waals surface area contributed by atoms with Gasteiger partial charge in [0.25, 0.3) is 0 Å². The largest absolute Gasteiger partial charge is 0.493 e. The van der Waals surface area contributed by atoms with Crippen molar-refractivity contribution in [1.82, 2.24) is 9.88 Å². The Hall–Kier alpha value is -3.02. The zero-order valence-electron chi connectivity index (χ0n) is 15.0. The van der Waals surface area contributed by atoms with Gasteiger partial charge in [0.1, 0.15) is 0 Å². The van der Waals surface area contributed by atoms with Crippen LogP contribution in [0.2, 0.25) is 0 Å². The fourth-order valence-electron chi connectivity index (χ4n) is 2.88. The fourth-order valence-corrected chi connectivity index (χ4v) is 2.88. The molecule has 2 aromatic rings. The van der Waals surface area contributed by atoms with Gasteiger partial charge >= 0.3 is 6.03 Å².